The number of pyridine rings is 1. The van der Waals surface area contributed by atoms with Crippen molar-refractivity contribution in [3.05, 3.63) is 54.3 Å². The minimum absolute atomic E-state index is 0.00263. The summed E-state index contributed by atoms with van der Waals surface area (Å²) in [5, 5.41) is 8.79. The van der Waals surface area contributed by atoms with Crippen LogP contribution in [0.25, 0.3) is 32.9 Å². The predicted molar refractivity (Wildman–Crippen MR) is 93.1 cm³/mol. The number of aliphatic hydroxyl groups excluding tert-OH is 1. The molecule has 0 spiro atoms. The van der Waals surface area contributed by atoms with Gasteiger partial charge in [0.15, 0.2) is 5.58 Å². The number of rotatable bonds is 5. The Balaban J connectivity index is 1.72. The van der Waals surface area contributed by atoms with Crippen LogP contribution >= 0.6 is 11.3 Å². The third kappa shape index (κ3) is 2.77. The van der Waals surface area contributed by atoms with Crippen LogP contribution in [0.1, 0.15) is 0 Å². The van der Waals surface area contributed by atoms with Crippen molar-refractivity contribution in [1.82, 2.24) is 9.97 Å². The summed E-state index contributed by atoms with van der Waals surface area (Å²) in [6.07, 6.45) is 3.61. The van der Waals surface area contributed by atoms with E-state index in [1.807, 2.05) is 42.6 Å². The van der Waals surface area contributed by atoms with E-state index < -0.39 is 0 Å². The molecule has 0 aliphatic rings. The molecule has 0 bridgehead atoms. The molecule has 1 N–H and O–H groups in total. The second-order valence-electron chi connectivity index (χ2n) is 5.15. The summed E-state index contributed by atoms with van der Waals surface area (Å²) in [7, 11) is 0. The smallest absolute Gasteiger partial charge is 0.161 e. The first-order valence-electron chi connectivity index (χ1n) is 7.46. The summed E-state index contributed by atoms with van der Waals surface area (Å²) in [4.78, 5) is 9.58. The van der Waals surface area contributed by atoms with E-state index >= 15 is 0 Å². The normalized spacial score (nSPS) is 11.0. The van der Waals surface area contributed by atoms with Crippen molar-refractivity contribution in [2.75, 3.05) is 13.2 Å². The maximum absolute atomic E-state index is 8.79. The molecule has 120 valence electrons. The van der Waals surface area contributed by atoms with Gasteiger partial charge in [0.25, 0.3) is 0 Å². The maximum Gasteiger partial charge on any atom is 0.161 e. The Morgan fingerprint density at radius 1 is 1.17 bits per heavy atom. The van der Waals surface area contributed by atoms with E-state index in [-0.39, 0.29) is 13.2 Å². The molecule has 0 aliphatic heterocycles. The van der Waals surface area contributed by atoms with Gasteiger partial charge in [0, 0.05) is 29.6 Å². The number of benzene rings is 1. The van der Waals surface area contributed by atoms with Crippen molar-refractivity contribution in [3.8, 4) is 27.5 Å². The minimum atomic E-state index is -0.00263. The standard InChI is InChI=1S/C18H14N2O3S/c21-7-8-22-13-3-1-12(2-4-13)16-9-15-18(23-16)14(5-6-20-15)17-10-19-11-24-17/h1-6,9-11,21H,7-8H2. The summed E-state index contributed by atoms with van der Waals surface area (Å²) in [5.41, 5.74) is 5.32. The van der Waals surface area contributed by atoms with Gasteiger partial charge in [0.1, 0.15) is 23.6 Å². The predicted octanol–water partition coefficient (Wildman–Crippen LogP) is 3.99. The van der Waals surface area contributed by atoms with Crippen LogP contribution in [-0.4, -0.2) is 28.3 Å². The van der Waals surface area contributed by atoms with Crippen molar-refractivity contribution in [2.45, 2.75) is 0 Å². The van der Waals surface area contributed by atoms with Gasteiger partial charge in [-0.2, -0.15) is 0 Å². The van der Waals surface area contributed by atoms with E-state index in [4.69, 9.17) is 14.3 Å². The molecule has 0 aliphatic carbocycles. The fraction of sp³-hybridized carbons (Fsp3) is 0.111. The molecule has 5 nitrogen and oxygen atoms in total. The topological polar surface area (TPSA) is 68.4 Å². The zero-order valence-corrected chi connectivity index (χ0v) is 13.5. The van der Waals surface area contributed by atoms with Gasteiger partial charge in [0.2, 0.25) is 0 Å². The third-order valence-electron chi connectivity index (χ3n) is 3.61. The van der Waals surface area contributed by atoms with Gasteiger partial charge in [-0.05, 0) is 30.3 Å². The van der Waals surface area contributed by atoms with Crippen LogP contribution in [0.3, 0.4) is 0 Å². The molecule has 0 fully saturated rings. The van der Waals surface area contributed by atoms with Gasteiger partial charge in [0.05, 0.1) is 17.0 Å². The average molecular weight is 338 g/mol. The summed E-state index contributed by atoms with van der Waals surface area (Å²) in [6.45, 7) is 0.281. The lowest BCUT2D eigenvalue weighted by Gasteiger charge is -2.04. The molecular weight excluding hydrogens is 324 g/mol. The summed E-state index contributed by atoms with van der Waals surface area (Å²) < 4.78 is 11.4. The summed E-state index contributed by atoms with van der Waals surface area (Å²) in [5.74, 6) is 1.47. The van der Waals surface area contributed by atoms with Crippen molar-refractivity contribution in [3.63, 3.8) is 0 Å². The molecule has 3 heterocycles. The van der Waals surface area contributed by atoms with Crippen molar-refractivity contribution in [2.24, 2.45) is 0 Å². The maximum atomic E-state index is 8.79. The highest BCUT2D eigenvalue weighted by atomic mass is 32.1. The average Bonchev–Trinajstić information content (AvgIpc) is 3.29. The number of hydrogen-bond donors (Lipinski definition) is 1. The zero-order valence-electron chi connectivity index (χ0n) is 12.7. The first-order chi connectivity index (χ1) is 11.8. The largest absolute Gasteiger partial charge is 0.491 e. The number of fused-ring (bicyclic) bond motifs is 1. The van der Waals surface area contributed by atoms with Crippen LogP contribution in [0.5, 0.6) is 5.75 Å². The van der Waals surface area contributed by atoms with Crippen molar-refractivity contribution < 1.29 is 14.3 Å². The van der Waals surface area contributed by atoms with Gasteiger partial charge >= 0.3 is 0 Å². The van der Waals surface area contributed by atoms with Gasteiger partial charge in [-0.15, -0.1) is 11.3 Å². The van der Waals surface area contributed by atoms with Crippen LogP contribution < -0.4 is 4.74 Å². The Morgan fingerprint density at radius 2 is 2.04 bits per heavy atom. The van der Waals surface area contributed by atoms with Crippen LogP contribution in [0, 0.1) is 0 Å². The van der Waals surface area contributed by atoms with E-state index in [0.717, 1.165) is 32.9 Å². The zero-order chi connectivity index (χ0) is 16.4. The van der Waals surface area contributed by atoms with E-state index in [1.165, 1.54) is 0 Å². The Hall–Kier alpha value is -2.70. The fourth-order valence-electron chi connectivity index (χ4n) is 2.50. The molecule has 1 aromatic carbocycles. The van der Waals surface area contributed by atoms with Crippen molar-refractivity contribution in [1.29, 1.82) is 0 Å². The Bertz CT molecular complexity index is 946. The van der Waals surface area contributed by atoms with Gasteiger partial charge in [-0.1, -0.05) is 0 Å². The minimum Gasteiger partial charge on any atom is -0.491 e. The number of ether oxygens (including phenoxy) is 1. The van der Waals surface area contributed by atoms with Crippen LogP contribution in [0.2, 0.25) is 0 Å². The highest BCUT2D eigenvalue weighted by Crippen LogP contribution is 2.35. The Labute approximate surface area is 142 Å². The third-order valence-corrected chi connectivity index (χ3v) is 4.41. The van der Waals surface area contributed by atoms with Gasteiger partial charge in [-0.3, -0.25) is 9.97 Å². The molecular formula is C18H14N2O3S. The molecule has 0 atom stereocenters. The van der Waals surface area contributed by atoms with E-state index in [9.17, 15) is 0 Å². The van der Waals surface area contributed by atoms with Crippen molar-refractivity contribution >= 4 is 22.4 Å². The molecule has 24 heavy (non-hydrogen) atoms. The van der Waals surface area contributed by atoms with Crippen LogP contribution in [-0.2, 0) is 0 Å². The first-order valence-corrected chi connectivity index (χ1v) is 8.34. The number of furan rings is 1. The number of hydrogen-bond acceptors (Lipinski definition) is 6. The van der Waals surface area contributed by atoms with Gasteiger partial charge < -0.3 is 14.3 Å². The second kappa shape index (κ2) is 6.43. The lowest BCUT2D eigenvalue weighted by molar-refractivity contribution is 0.201. The summed E-state index contributed by atoms with van der Waals surface area (Å²) in [6, 6.07) is 11.4. The lowest BCUT2D eigenvalue weighted by atomic mass is 10.1. The van der Waals surface area contributed by atoms with Crippen LogP contribution in [0.15, 0.2) is 58.7 Å². The number of aromatic nitrogens is 2. The summed E-state index contributed by atoms with van der Waals surface area (Å²) >= 11 is 1.57. The number of aliphatic hydroxyl groups is 1. The monoisotopic (exact) mass is 338 g/mol. The van der Waals surface area contributed by atoms with Gasteiger partial charge in [-0.25, -0.2) is 0 Å². The molecule has 0 amide bonds. The SMILES string of the molecule is OCCOc1ccc(-c2cc3nccc(-c4cncs4)c3o2)cc1. The molecule has 0 unspecified atom stereocenters. The quantitative estimate of drug-likeness (QED) is 0.596. The fourth-order valence-corrected chi connectivity index (χ4v) is 3.15. The van der Waals surface area contributed by atoms with Crippen LogP contribution in [0.4, 0.5) is 0 Å². The highest BCUT2D eigenvalue weighted by Gasteiger charge is 2.13. The lowest BCUT2D eigenvalue weighted by Crippen LogP contribution is -2.01. The molecule has 4 rings (SSSR count). The molecule has 4 aromatic rings. The first kappa shape index (κ1) is 14.9. The molecule has 3 aromatic heterocycles. The number of nitrogens with zero attached hydrogens (tertiary/aromatic N) is 2. The Morgan fingerprint density at radius 3 is 2.79 bits per heavy atom. The van der Waals surface area contributed by atoms with E-state index in [1.54, 1.807) is 23.0 Å². The van der Waals surface area contributed by atoms with E-state index in [2.05, 4.69) is 9.97 Å². The molecule has 0 radical (unpaired) electrons. The molecule has 0 saturated carbocycles. The second-order valence-corrected chi connectivity index (χ2v) is 6.03. The highest BCUT2D eigenvalue weighted by molar-refractivity contribution is 7.13. The molecule has 0 saturated heterocycles. The Kier molecular flexibility index (Phi) is 3.98. The number of thiazole rings is 1. The molecule has 6 heteroatoms. The van der Waals surface area contributed by atoms with E-state index in [0.29, 0.717) is 5.75 Å².